The minimum atomic E-state index is -0.832. The summed E-state index contributed by atoms with van der Waals surface area (Å²) in [4.78, 5) is 0. The number of terminal acetylenes is 2. The second-order valence-corrected chi connectivity index (χ2v) is 12.5. The molecular weight excluding hydrogens is 572 g/mol. The molecular formula is C45H68O2. The zero-order chi connectivity index (χ0) is 34.1. The Morgan fingerprint density at radius 1 is 0.426 bits per heavy atom. The summed E-state index contributed by atoms with van der Waals surface area (Å²) >= 11 is 0. The summed E-state index contributed by atoms with van der Waals surface area (Å²) in [6.07, 6.45) is 58.4. The fourth-order valence-corrected chi connectivity index (χ4v) is 5.22. The second-order valence-electron chi connectivity index (χ2n) is 12.5. The highest BCUT2D eigenvalue weighted by Crippen LogP contribution is 2.13. The van der Waals surface area contributed by atoms with Crippen molar-refractivity contribution in [1.29, 1.82) is 0 Å². The molecule has 0 rings (SSSR count). The van der Waals surface area contributed by atoms with Crippen molar-refractivity contribution in [2.75, 3.05) is 0 Å². The SMILES string of the molecule is C#CC=CCCCCCCCCCCCCCC=CCCCCC=CCCCCC#C[C@@H](O)C#CCCCCCC/C=C/[C@H](O)C#C. The molecule has 0 heterocycles. The van der Waals surface area contributed by atoms with Crippen LogP contribution < -0.4 is 0 Å². The molecule has 0 saturated heterocycles. The van der Waals surface area contributed by atoms with Crippen LogP contribution in [0.15, 0.2) is 48.6 Å². The maximum atomic E-state index is 9.91. The smallest absolute Gasteiger partial charge is 0.176 e. The zero-order valence-corrected chi connectivity index (χ0v) is 29.9. The lowest BCUT2D eigenvalue weighted by atomic mass is 10.0. The van der Waals surface area contributed by atoms with Gasteiger partial charge in [-0.25, -0.2) is 0 Å². The van der Waals surface area contributed by atoms with Crippen LogP contribution in [0.1, 0.15) is 173 Å². The molecule has 0 amide bonds. The topological polar surface area (TPSA) is 40.5 Å². The number of aliphatic hydroxyl groups is 2. The summed E-state index contributed by atoms with van der Waals surface area (Å²) in [7, 11) is 0. The Balaban J connectivity index is 3.42. The van der Waals surface area contributed by atoms with Crippen LogP contribution in [-0.2, 0) is 0 Å². The summed E-state index contributed by atoms with van der Waals surface area (Å²) in [5, 5.41) is 19.1. The fraction of sp³-hybridized carbons (Fsp3) is 0.644. The quantitative estimate of drug-likeness (QED) is 0.0466. The minimum absolute atomic E-state index is 0.768. The largest absolute Gasteiger partial charge is 0.377 e. The molecule has 0 aromatic carbocycles. The third kappa shape index (κ3) is 39.2. The van der Waals surface area contributed by atoms with E-state index >= 15 is 0 Å². The number of allylic oxidation sites excluding steroid dienone is 7. The molecule has 0 aromatic rings. The first-order chi connectivity index (χ1) is 23.2. The van der Waals surface area contributed by atoms with Gasteiger partial charge in [-0.15, -0.1) is 12.8 Å². The molecule has 0 spiro atoms. The first-order valence-corrected chi connectivity index (χ1v) is 19.1. The molecule has 0 aliphatic heterocycles. The third-order valence-electron chi connectivity index (χ3n) is 8.09. The molecule has 0 bridgehead atoms. The van der Waals surface area contributed by atoms with Crippen molar-refractivity contribution in [3.8, 4) is 48.4 Å². The molecule has 0 fully saturated rings. The Bertz CT molecular complexity index is 1010. The van der Waals surface area contributed by atoms with Gasteiger partial charge < -0.3 is 10.2 Å². The summed E-state index contributed by atoms with van der Waals surface area (Å²) in [6.45, 7) is 0. The van der Waals surface area contributed by atoms with Crippen LogP contribution in [0.25, 0.3) is 0 Å². The van der Waals surface area contributed by atoms with E-state index in [2.05, 4.69) is 65.9 Å². The lowest BCUT2D eigenvalue weighted by Crippen LogP contribution is -1.97. The third-order valence-corrected chi connectivity index (χ3v) is 8.09. The monoisotopic (exact) mass is 641 g/mol. The standard InChI is InChI=1S/C45H68O2/c1-3-5-6-7-8-9-10-11-12-13-14-15-16-17-18-19-20-21-22-23-24-25-26-27-28-29-33-36-39-42-45(47)43-40-37-34-31-30-32-35-38-41-44(46)4-2/h1-2,5-6,20-21,26-27,38,41,44-47H,7-19,22-25,28-37H2/b6-5?,21-20?,27-26?,41-38+/t44-,45-/m1/s1. The van der Waals surface area contributed by atoms with E-state index in [1.807, 2.05) is 12.2 Å². The van der Waals surface area contributed by atoms with E-state index in [9.17, 15) is 10.2 Å². The van der Waals surface area contributed by atoms with Gasteiger partial charge in [0.05, 0.1) is 0 Å². The highest BCUT2D eigenvalue weighted by atomic mass is 16.3. The maximum absolute atomic E-state index is 9.91. The van der Waals surface area contributed by atoms with E-state index in [0.717, 1.165) is 70.6 Å². The maximum Gasteiger partial charge on any atom is 0.176 e. The molecule has 47 heavy (non-hydrogen) atoms. The summed E-state index contributed by atoms with van der Waals surface area (Å²) < 4.78 is 0. The minimum Gasteiger partial charge on any atom is -0.377 e. The van der Waals surface area contributed by atoms with Crippen molar-refractivity contribution in [1.82, 2.24) is 0 Å². The van der Waals surface area contributed by atoms with Gasteiger partial charge in [-0.1, -0.05) is 143 Å². The van der Waals surface area contributed by atoms with E-state index in [1.54, 1.807) is 6.08 Å². The lowest BCUT2D eigenvalue weighted by molar-refractivity contribution is 0.280. The number of unbranched alkanes of at least 4 members (excludes halogenated alkanes) is 23. The van der Waals surface area contributed by atoms with Crippen LogP contribution in [0.2, 0.25) is 0 Å². The molecule has 0 radical (unpaired) electrons. The van der Waals surface area contributed by atoms with Crippen LogP contribution in [0, 0.1) is 48.4 Å². The van der Waals surface area contributed by atoms with Gasteiger partial charge in [-0.3, -0.25) is 0 Å². The molecule has 2 heteroatoms. The summed E-state index contributed by atoms with van der Waals surface area (Å²) in [5.74, 6) is 16.6. The molecule has 0 saturated carbocycles. The Kier molecular flexibility index (Phi) is 36.9. The summed E-state index contributed by atoms with van der Waals surface area (Å²) in [6, 6.07) is 0. The van der Waals surface area contributed by atoms with Crippen LogP contribution >= 0.6 is 0 Å². The first kappa shape index (κ1) is 44.1. The normalized spacial score (nSPS) is 12.6. The van der Waals surface area contributed by atoms with Crippen LogP contribution in [-0.4, -0.2) is 22.4 Å². The summed E-state index contributed by atoms with van der Waals surface area (Å²) in [5.41, 5.74) is 0. The Morgan fingerprint density at radius 3 is 1.21 bits per heavy atom. The van der Waals surface area contributed by atoms with Crippen molar-refractivity contribution in [2.45, 2.75) is 186 Å². The molecule has 0 aliphatic rings. The van der Waals surface area contributed by atoms with Gasteiger partial charge in [0.15, 0.2) is 6.10 Å². The molecule has 0 aromatic heterocycles. The Morgan fingerprint density at radius 2 is 0.766 bits per heavy atom. The number of hydrogen-bond acceptors (Lipinski definition) is 2. The van der Waals surface area contributed by atoms with E-state index in [0.29, 0.717) is 0 Å². The van der Waals surface area contributed by atoms with E-state index in [4.69, 9.17) is 12.8 Å². The van der Waals surface area contributed by atoms with Gasteiger partial charge in [-0.2, -0.15) is 0 Å². The van der Waals surface area contributed by atoms with Crippen molar-refractivity contribution in [2.24, 2.45) is 0 Å². The van der Waals surface area contributed by atoms with Crippen LogP contribution in [0.5, 0.6) is 0 Å². The van der Waals surface area contributed by atoms with Gasteiger partial charge in [0.2, 0.25) is 0 Å². The van der Waals surface area contributed by atoms with Crippen molar-refractivity contribution in [3.63, 3.8) is 0 Å². The number of aliphatic hydroxyl groups excluding tert-OH is 2. The van der Waals surface area contributed by atoms with Gasteiger partial charge in [0, 0.05) is 12.8 Å². The Hall–Kier alpha value is -2.88. The average molecular weight is 641 g/mol. The van der Waals surface area contributed by atoms with Crippen LogP contribution in [0.4, 0.5) is 0 Å². The van der Waals surface area contributed by atoms with Gasteiger partial charge in [0.25, 0.3) is 0 Å². The van der Waals surface area contributed by atoms with E-state index in [-0.39, 0.29) is 0 Å². The van der Waals surface area contributed by atoms with Gasteiger partial charge in [0.1, 0.15) is 6.10 Å². The molecule has 0 aliphatic carbocycles. The van der Waals surface area contributed by atoms with E-state index in [1.165, 1.54) is 103 Å². The van der Waals surface area contributed by atoms with Crippen molar-refractivity contribution in [3.05, 3.63) is 48.6 Å². The van der Waals surface area contributed by atoms with Crippen molar-refractivity contribution < 1.29 is 10.2 Å². The highest BCUT2D eigenvalue weighted by molar-refractivity contribution is 5.19. The van der Waals surface area contributed by atoms with Gasteiger partial charge >= 0.3 is 0 Å². The average Bonchev–Trinajstić information content (AvgIpc) is 3.08. The molecule has 2 atom stereocenters. The molecule has 260 valence electrons. The number of hydrogen-bond donors (Lipinski definition) is 2. The molecule has 0 unspecified atom stereocenters. The fourth-order valence-electron chi connectivity index (χ4n) is 5.22. The lowest BCUT2D eigenvalue weighted by Gasteiger charge is -2.02. The molecule has 2 nitrogen and oxygen atoms in total. The molecule has 2 N–H and O–H groups in total. The zero-order valence-electron chi connectivity index (χ0n) is 29.9. The van der Waals surface area contributed by atoms with Gasteiger partial charge in [-0.05, 0) is 102 Å². The second kappa shape index (κ2) is 39.3. The number of rotatable bonds is 30. The van der Waals surface area contributed by atoms with E-state index < -0.39 is 12.2 Å². The van der Waals surface area contributed by atoms with Crippen molar-refractivity contribution >= 4 is 0 Å². The first-order valence-electron chi connectivity index (χ1n) is 19.1. The predicted molar refractivity (Wildman–Crippen MR) is 206 cm³/mol. The highest BCUT2D eigenvalue weighted by Gasteiger charge is 1.95. The Labute approximate surface area is 292 Å². The predicted octanol–water partition coefficient (Wildman–Crippen LogP) is 11.7. The van der Waals surface area contributed by atoms with Crippen LogP contribution in [0.3, 0.4) is 0 Å².